The van der Waals surface area contributed by atoms with Gasteiger partial charge >= 0.3 is 0 Å². The second kappa shape index (κ2) is 8.34. The van der Waals surface area contributed by atoms with Gasteiger partial charge in [-0.1, -0.05) is 23.2 Å². The largest absolute Gasteiger partial charge is 0.385 e. The number of carbonyl (C=O) groups excluding carboxylic acids is 1. The van der Waals surface area contributed by atoms with Crippen molar-refractivity contribution in [3.8, 4) is 0 Å². The van der Waals surface area contributed by atoms with Crippen LogP contribution in [0.25, 0.3) is 0 Å². The summed E-state index contributed by atoms with van der Waals surface area (Å²) in [5.74, 6) is 0.0128. The smallest absolute Gasteiger partial charge is 0.254 e. The first kappa shape index (κ1) is 18.5. The Hall–Kier alpha value is -0.810. The van der Waals surface area contributed by atoms with Gasteiger partial charge < -0.3 is 9.64 Å². The van der Waals surface area contributed by atoms with E-state index in [0.29, 0.717) is 27.7 Å². The first-order valence-corrected chi connectivity index (χ1v) is 8.68. The van der Waals surface area contributed by atoms with Crippen molar-refractivity contribution in [1.29, 1.82) is 0 Å². The van der Waals surface area contributed by atoms with E-state index in [4.69, 9.17) is 27.9 Å². The predicted octanol–water partition coefficient (Wildman–Crippen LogP) is 3.56. The molecule has 0 saturated carbocycles. The number of hydrogen-bond donors (Lipinski definition) is 0. The van der Waals surface area contributed by atoms with Crippen LogP contribution in [0.5, 0.6) is 0 Å². The van der Waals surface area contributed by atoms with Crippen molar-refractivity contribution in [3.05, 3.63) is 33.8 Å². The fourth-order valence-electron chi connectivity index (χ4n) is 3.17. The number of halogens is 2. The lowest BCUT2D eigenvalue weighted by atomic mass is 10.1. The van der Waals surface area contributed by atoms with Crippen LogP contribution in [0, 0.1) is 0 Å². The van der Waals surface area contributed by atoms with Crippen molar-refractivity contribution < 1.29 is 9.53 Å². The van der Waals surface area contributed by atoms with Gasteiger partial charge in [0.1, 0.15) is 0 Å². The summed E-state index contributed by atoms with van der Waals surface area (Å²) in [5.41, 5.74) is 0.589. The first-order valence-electron chi connectivity index (χ1n) is 7.93. The molecule has 0 aromatic heterocycles. The molecule has 0 spiro atoms. The van der Waals surface area contributed by atoms with Gasteiger partial charge in [0.25, 0.3) is 5.91 Å². The lowest BCUT2D eigenvalue weighted by Gasteiger charge is -2.44. The summed E-state index contributed by atoms with van der Waals surface area (Å²) in [6.45, 7) is 7.52. The molecule has 1 saturated heterocycles. The first-order chi connectivity index (χ1) is 10.9. The van der Waals surface area contributed by atoms with E-state index in [1.807, 2.05) is 4.90 Å². The van der Waals surface area contributed by atoms with Crippen molar-refractivity contribution in [1.82, 2.24) is 9.80 Å². The highest BCUT2D eigenvalue weighted by Crippen LogP contribution is 2.24. The quantitative estimate of drug-likeness (QED) is 0.754. The van der Waals surface area contributed by atoms with Crippen LogP contribution in [-0.2, 0) is 4.74 Å². The molecule has 4 nitrogen and oxygen atoms in total. The predicted molar refractivity (Wildman–Crippen MR) is 94.5 cm³/mol. The van der Waals surface area contributed by atoms with Crippen LogP contribution in [0.2, 0.25) is 10.0 Å². The Morgan fingerprint density at radius 3 is 2.43 bits per heavy atom. The van der Waals surface area contributed by atoms with Crippen LogP contribution >= 0.6 is 23.2 Å². The molecule has 6 heteroatoms. The number of amides is 1. The maximum Gasteiger partial charge on any atom is 0.254 e. The number of ether oxygens (including phenoxy) is 1. The second-order valence-electron chi connectivity index (χ2n) is 6.12. The Morgan fingerprint density at radius 1 is 1.22 bits per heavy atom. The minimum Gasteiger partial charge on any atom is -0.385 e. The minimum atomic E-state index is 0.0128. The highest BCUT2D eigenvalue weighted by Gasteiger charge is 2.31. The van der Waals surface area contributed by atoms with E-state index in [0.717, 1.165) is 32.7 Å². The number of rotatable bonds is 5. The molecular weight excluding hydrogens is 335 g/mol. The monoisotopic (exact) mass is 358 g/mol. The molecule has 1 fully saturated rings. The lowest BCUT2D eigenvalue weighted by Crippen LogP contribution is -2.58. The molecule has 2 unspecified atom stereocenters. The molecule has 1 aliphatic heterocycles. The molecule has 0 bridgehead atoms. The summed E-state index contributed by atoms with van der Waals surface area (Å²) in [7, 11) is 1.72. The van der Waals surface area contributed by atoms with Crippen LogP contribution in [0.4, 0.5) is 0 Å². The van der Waals surface area contributed by atoms with Gasteiger partial charge in [0.15, 0.2) is 0 Å². The Morgan fingerprint density at radius 2 is 1.87 bits per heavy atom. The average molecular weight is 359 g/mol. The van der Waals surface area contributed by atoms with Crippen LogP contribution in [0.1, 0.15) is 30.6 Å². The molecule has 0 N–H and O–H groups in total. The molecule has 128 valence electrons. The van der Waals surface area contributed by atoms with Gasteiger partial charge in [0.2, 0.25) is 0 Å². The fourth-order valence-corrected chi connectivity index (χ4v) is 3.46. The van der Waals surface area contributed by atoms with Gasteiger partial charge in [-0.25, -0.2) is 0 Å². The standard InChI is InChI=1S/C17H24Cl2N2O2/c1-12-10-20(11-13(2)21(12)7-4-8-23-3)17(22)14-5-6-15(18)16(19)9-14/h5-6,9,12-13H,4,7-8,10-11H2,1-3H3. The maximum atomic E-state index is 12.7. The van der Waals surface area contributed by atoms with Crippen molar-refractivity contribution in [2.75, 3.05) is 33.4 Å². The van der Waals surface area contributed by atoms with Gasteiger partial charge in [-0.15, -0.1) is 0 Å². The third kappa shape index (κ3) is 4.60. The van der Waals surface area contributed by atoms with E-state index in [1.165, 1.54) is 0 Å². The SMILES string of the molecule is COCCCN1C(C)CN(C(=O)c2ccc(Cl)c(Cl)c2)CC1C. The Bertz CT molecular complexity index is 541. The normalized spacial score (nSPS) is 22.4. The van der Waals surface area contributed by atoms with Crippen molar-refractivity contribution in [2.24, 2.45) is 0 Å². The zero-order chi connectivity index (χ0) is 17.0. The maximum absolute atomic E-state index is 12.7. The van der Waals surface area contributed by atoms with Crippen molar-refractivity contribution in [3.63, 3.8) is 0 Å². The average Bonchev–Trinajstić information content (AvgIpc) is 2.52. The van der Waals surface area contributed by atoms with Crippen LogP contribution < -0.4 is 0 Å². The summed E-state index contributed by atoms with van der Waals surface area (Å²) >= 11 is 11.9. The third-order valence-electron chi connectivity index (χ3n) is 4.32. The zero-order valence-electron chi connectivity index (χ0n) is 13.9. The Labute approximate surface area is 148 Å². The zero-order valence-corrected chi connectivity index (χ0v) is 15.4. The molecule has 1 aromatic carbocycles. The highest BCUT2D eigenvalue weighted by atomic mass is 35.5. The molecular formula is C17H24Cl2N2O2. The number of methoxy groups -OCH3 is 1. The number of benzene rings is 1. The summed E-state index contributed by atoms with van der Waals surface area (Å²) in [6, 6.07) is 5.69. The number of hydrogen-bond acceptors (Lipinski definition) is 3. The number of piperazine rings is 1. The van der Waals surface area contributed by atoms with Gasteiger partial charge in [0.05, 0.1) is 10.0 Å². The van der Waals surface area contributed by atoms with Gasteiger partial charge in [-0.05, 0) is 38.5 Å². The van der Waals surface area contributed by atoms with Gasteiger partial charge in [-0.3, -0.25) is 9.69 Å². The fraction of sp³-hybridized carbons (Fsp3) is 0.588. The van der Waals surface area contributed by atoms with Gasteiger partial charge in [0, 0.05) is 51.0 Å². The second-order valence-corrected chi connectivity index (χ2v) is 6.94. The topological polar surface area (TPSA) is 32.8 Å². The molecule has 0 aliphatic carbocycles. The molecule has 2 atom stereocenters. The molecule has 0 radical (unpaired) electrons. The Balaban J connectivity index is 2.02. The summed E-state index contributed by atoms with van der Waals surface area (Å²) in [6.07, 6.45) is 1.01. The molecule has 1 heterocycles. The number of carbonyl (C=O) groups is 1. The summed E-state index contributed by atoms with van der Waals surface area (Å²) in [4.78, 5) is 17.1. The highest BCUT2D eigenvalue weighted by molar-refractivity contribution is 6.42. The van der Waals surface area contributed by atoms with E-state index < -0.39 is 0 Å². The lowest BCUT2D eigenvalue weighted by molar-refractivity contribution is 0.0270. The molecule has 1 amide bonds. The van der Waals surface area contributed by atoms with E-state index >= 15 is 0 Å². The molecule has 1 aromatic rings. The van der Waals surface area contributed by atoms with Crippen LogP contribution in [-0.4, -0.2) is 61.1 Å². The van der Waals surface area contributed by atoms with E-state index in [2.05, 4.69) is 18.7 Å². The van der Waals surface area contributed by atoms with E-state index in [1.54, 1.807) is 25.3 Å². The third-order valence-corrected chi connectivity index (χ3v) is 5.06. The van der Waals surface area contributed by atoms with Crippen molar-refractivity contribution >= 4 is 29.1 Å². The molecule has 2 rings (SSSR count). The van der Waals surface area contributed by atoms with Gasteiger partial charge in [-0.2, -0.15) is 0 Å². The van der Waals surface area contributed by atoms with E-state index in [-0.39, 0.29) is 5.91 Å². The van der Waals surface area contributed by atoms with E-state index in [9.17, 15) is 4.79 Å². The Kier molecular flexibility index (Phi) is 6.72. The molecule has 23 heavy (non-hydrogen) atoms. The van der Waals surface area contributed by atoms with Crippen LogP contribution in [0.3, 0.4) is 0 Å². The number of nitrogens with zero attached hydrogens (tertiary/aromatic N) is 2. The van der Waals surface area contributed by atoms with Crippen LogP contribution in [0.15, 0.2) is 18.2 Å². The summed E-state index contributed by atoms with van der Waals surface area (Å²) < 4.78 is 5.13. The van der Waals surface area contributed by atoms with Crippen molar-refractivity contribution in [2.45, 2.75) is 32.4 Å². The molecule has 1 aliphatic rings. The summed E-state index contributed by atoms with van der Waals surface area (Å²) in [5, 5.41) is 0.879. The minimum absolute atomic E-state index is 0.0128.